The normalized spacial score (nSPS) is 10.5. The number of hydrogen-bond donors (Lipinski definition) is 1. The summed E-state index contributed by atoms with van der Waals surface area (Å²) in [6, 6.07) is 3.75. The lowest BCUT2D eigenvalue weighted by molar-refractivity contribution is 0.626. The van der Waals surface area contributed by atoms with Gasteiger partial charge in [0.2, 0.25) is 0 Å². The van der Waals surface area contributed by atoms with Gasteiger partial charge in [0.15, 0.2) is 4.77 Å². The van der Waals surface area contributed by atoms with E-state index in [1.165, 1.54) is 29.0 Å². The third kappa shape index (κ3) is 2.48. The Kier molecular flexibility index (Phi) is 3.46. The number of halogens is 3. The highest BCUT2D eigenvalue weighted by Gasteiger charge is 2.10. The number of rotatable bonds is 1. The summed E-state index contributed by atoms with van der Waals surface area (Å²) in [4.78, 5) is 13.5. The SMILES string of the molecule is O=c1ccn(-c2c(Cl)cc(F)cc2Br)c(=S)[nH]1. The first-order valence-electron chi connectivity index (χ1n) is 4.46. The first kappa shape index (κ1) is 12.5. The second-order valence-electron chi connectivity index (χ2n) is 3.20. The van der Waals surface area contributed by atoms with Crippen LogP contribution in [-0.4, -0.2) is 9.55 Å². The maximum Gasteiger partial charge on any atom is 0.251 e. The van der Waals surface area contributed by atoms with Gasteiger partial charge in [-0.25, -0.2) is 4.39 Å². The van der Waals surface area contributed by atoms with Crippen molar-refractivity contribution in [2.45, 2.75) is 0 Å². The third-order valence-electron chi connectivity index (χ3n) is 2.05. The van der Waals surface area contributed by atoms with Crippen molar-refractivity contribution < 1.29 is 4.39 Å². The minimum Gasteiger partial charge on any atom is -0.299 e. The lowest BCUT2D eigenvalue weighted by Crippen LogP contribution is -2.10. The Morgan fingerprint density at radius 2 is 2.18 bits per heavy atom. The molecule has 3 nitrogen and oxygen atoms in total. The van der Waals surface area contributed by atoms with E-state index in [4.69, 9.17) is 23.8 Å². The molecule has 0 unspecified atom stereocenters. The van der Waals surface area contributed by atoms with Gasteiger partial charge in [-0.2, -0.15) is 0 Å². The first-order valence-corrected chi connectivity index (χ1v) is 6.04. The first-order chi connectivity index (χ1) is 7.99. The van der Waals surface area contributed by atoms with E-state index in [2.05, 4.69) is 20.9 Å². The molecule has 0 aliphatic heterocycles. The van der Waals surface area contributed by atoms with Gasteiger partial charge >= 0.3 is 0 Å². The van der Waals surface area contributed by atoms with Gasteiger partial charge in [0.25, 0.3) is 5.56 Å². The summed E-state index contributed by atoms with van der Waals surface area (Å²) in [5.41, 5.74) is 0.176. The molecule has 0 radical (unpaired) electrons. The molecule has 1 aromatic heterocycles. The third-order valence-corrected chi connectivity index (χ3v) is 3.24. The average Bonchev–Trinajstić information content (AvgIpc) is 2.19. The predicted molar refractivity (Wildman–Crippen MR) is 69.9 cm³/mol. The van der Waals surface area contributed by atoms with Crippen molar-refractivity contribution in [2.75, 3.05) is 0 Å². The van der Waals surface area contributed by atoms with E-state index in [1.807, 2.05) is 0 Å². The number of aromatic amines is 1. The Balaban J connectivity index is 2.77. The number of nitrogens with zero attached hydrogens (tertiary/aromatic N) is 1. The summed E-state index contributed by atoms with van der Waals surface area (Å²) < 4.78 is 15.2. The van der Waals surface area contributed by atoms with Crippen LogP contribution >= 0.6 is 39.7 Å². The summed E-state index contributed by atoms with van der Waals surface area (Å²) in [5, 5.41) is 0.194. The number of hydrogen-bond acceptors (Lipinski definition) is 2. The van der Waals surface area contributed by atoms with Crippen LogP contribution in [0.2, 0.25) is 5.02 Å². The molecule has 7 heteroatoms. The van der Waals surface area contributed by atoms with Gasteiger partial charge in [-0.15, -0.1) is 0 Å². The average molecular weight is 336 g/mol. The number of aromatic nitrogens is 2. The van der Waals surface area contributed by atoms with Crippen LogP contribution in [0.25, 0.3) is 5.69 Å². The molecule has 0 saturated carbocycles. The van der Waals surface area contributed by atoms with Crippen LogP contribution in [0.3, 0.4) is 0 Å². The molecule has 17 heavy (non-hydrogen) atoms. The monoisotopic (exact) mass is 334 g/mol. The van der Waals surface area contributed by atoms with E-state index >= 15 is 0 Å². The summed E-state index contributed by atoms with van der Waals surface area (Å²) in [5.74, 6) is -0.457. The second-order valence-corrected chi connectivity index (χ2v) is 4.85. The minimum atomic E-state index is -0.457. The van der Waals surface area contributed by atoms with Crippen LogP contribution in [0.1, 0.15) is 0 Å². The molecule has 0 atom stereocenters. The smallest absolute Gasteiger partial charge is 0.251 e. The molecule has 0 fully saturated rings. The Morgan fingerprint density at radius 1 is 1.47 bits per heavy atom. The maximum absolute atomic E-state index is 13.1. The van der Waals surface area contributed by atoms with E-state index in [1.54, 1.807) is 0 Å². The van der Waals surface area contributed by atoms with Gasteiger partial charge in [-0.1, -0.05) is 11.6 Å². The molecule has 0 bridgehead atoms. The fourth-order valence-corrected chi connectivity index (χ4v) is 2.65. The minimum absolute atomic E-state index is 0.187. The maximum atomic E-state index is 13.1. The van der Waals surface area contributed by atoms with Crippen molar-refractivity contribution in [3.05, 3.63) is 54.8 Å². The Labute approximate surface area is 114 Å². The lowest BCUT2D eigenvalue weighted by Gasteiger charge is -2.10. The lowest BCUT2D eigenvalue weighted by atomic mass is 10.3. The largest absolute Gasteiger partial charge is 0.299 e. The van der Waals surface area contributed by atoms with Gasteiger partial charge < -0.3 is 0 Å². The Morgan fingerprint density at radius 3 is 2.76 bits per heavy atom. The quantitative estimate of drug-likeness (QED) is 0.811. The fourth-order valence-electron chi connectivity index (χ4n) is 1.36. The molecule has 2 aromatic rings. The molecule has 1 heterocycles. The topological polar surface area (TPSA) is 37.8 Å². The van der Waals surface area contributed by atoms with Crippen molar-refractivity contribution in [3.8, 4) is 5.69 Å². The number of H-pyrrole nitrogens is 1. The van der Waals surface area contributed by atoms with E-state index < -0.39 is 5.82 Å². The standard InChI is InChI=1S/C10H5BrClFN2OS/c11-6-3-5(13)4-7(12)9(6)15-2-1-8(16)14-10(15)17/h1-4H,(H,14,16,17). The summed E-state index contributed by atoms with van der Waals surface area (Å²) >= 11 is 14.2. The van der Waals surface area contributed by atoms with Gasteiger partial charge in [0.05, 0.1) is 10.7 Å². The molecule has 0 aliphatic carbocycles. The van der Waals surface area contributed by atoms with Crippen LogP contribution in [0.15, 0.2) is 33.7 Å². The highest BCUT2D eigenvalue weighted by atomic mass is 79.9. The van der Waals surface area contributed by atoms with E-state index in [9.17, 15) is 9.18 Å². The summed E-state index contributed by atoms with van der Waals surface area (Å²) in [6.07, 6.45) is 1.48. The zero-order valence-electron chi connectivity index (χ0n) is 8.21. The van der Waals surface area contributed by atoms with E-state index in [-0.39, 0.29) is 15.4 Å². The molecular weight excluding hydrogens is 331 g/mol. The number of nitrogens with one attached hydrogen (secondary N) is 1. The van der Waals surface area contributed by atoms with Crippen molar-refractivity contribution >= 4 is 39.7 Å². The number of benzene rings is 1. The van der Waals surface area contributed by atoms with Crippen LogP contribution in [0, 0.1) is 10.6 Å². The van der Waals surface area contributed by atoms with E-state index in [0.717, 1.165) is 0 Å². The van der Waals surface area contributed by atoms with Crippen LogP contribution in [-0.2, 0) is 0 Å². The molecule has 0 spiro atoms. The zero-order chi connectivity index (χ0) is 12.6. The van der Waals surface area contributed by atoms with Crippen molar-refractivity contribution in [2.24, 2.45) is 0 Å². The molecule has 2 rings (SSSR count). The highest BCUT2D eigenvalue weighted by Crippen LogP contribution is 2.29. The molecule has 1 N–H and O–H groups in total. The Hall–Kier alpha value is -0.980. The molecule has 88 valence electrons. The summed E-state index contributed by atoms with van der Waals surface area (Å²) in [7, 11) is 0. The predicted octanol–water partition coefficient (Wildman–Crippen LogP) is 3.45. The molecule has 0 saturated heterocycles. The van der Waals surface area contributed by atoms with Gasteiger partial charge in [-0.05, 0) is 40.3 Å². The van der Waals surface area contributed by atoms with Crippen LogP contribution in [0.5, 0.6) is 0 Å². The molecule has 1 aromatic carbocycles. The van der Waals surface area contributed by atoms with E-state index in [0.29, 0.717) is 10.2 Å². The second kappa shape index (κ2) is 4.72. The van der Waals surface area contributed by atoms with Gasteiger partial charge in [0.1, 0.15) is 5.82 Å². The molecule has 0 aliphatic rings. The van der Waals surface area contributed by atoms with Crippen molar-refractivity contribution in [1.82, 2.24) is 9.55 Å². The zero-order valence-corrected chi connectivity index (χ0v) is 11.4. The Bertz CT molecular complexity index is 674. The summed E-state index contributed by atoms with van der Waals surface area (Å²) in [6.45, 7) is 0. The van der Waals surface area contributed by atoms with Crippen LogP contribution < -0.4 is 5.56 Å². The highest BCUT2D eigenvalue weighted by molar-refractivity contribution is 9.10. The molecular formula is C10H5BrClFN2OS. The van der Waals surface area contributed by atoms with Crippen molar-refractivity contribution in [1.29, 1.82) is 0 Å². The van der Waals surface area contributed by atoms with Gasteiger partial charge in [0, 0.05) is 16.7 Å². The molecule has 0 amide bonds. The van der Waals surface area contributed by atoms with Crippen LogP contribution in [0.4, 0.5) is 4.39 Å². The fraction of sp³-hybridized carbons (Fsp3) is 0. The van der Waals surface area contributed by atoms with Gasteiger partial charge in [-0.3, -0.25) is 14.3 Å². The van der Waals surface area contributed by atoms with Crippen molar-refractivity contribution in [3.63, 3.8) is 0 Å².